The van der Waals surface area contributed by atoms with Gasteiger partial charge >= 0.3 is 0 Å². The molecule has 0 aliphatic heterocycles. The standard InChI is InChI=1S/C17H28N2O/c1-4-13-6-5-7-15(8-13)20-17-10-14(11-18)9-16(19-17)12(2)3/h9-10,12-13,15H,4-8,11,18H2,1-3H3. The van der Waals surface area contributed by atoms with Gasteiger partial charge in [0.15, 0.2) is 0 Å². The van der Waals surface area contributed by atoms with E-state index in [1.807, 2.05) is 6.07 Å². The van der Waals surface area contributed by atoms with E-state index >= 15 is 0 Å². The minimum absolute atomic E-state index is 0.328. The largest absolute Gasteiger partial charge is 0.474 e. The lowest BCUT2D eigenvalue weighted by Gasteiger charge is -2.28. The van der Waals surface area contributed by atoms with E-state index in [0.29, 0.717) is 18.6 Å². The SMILES string of the molecule is CCC1CCCC(Oc2cc(CN)cc(C(C)C)n2)C1. The zero-order valence-corrected chi connectivity index (χ0v) is 13.1. The second kappa shape index (κ2) is 7.07. The Morgan fingerprint density at radius 2 is 2.15 bits per heavy atom. The van der Waals surface area contributed by atoms with Crippen molar-refractivity contribution in [3.05, 3.63) is 23.4 Å². The normalized spacial score (nSPS) is 23.1. The molecule has 3 nitrogen and oxygen atoms in total. The first-order chi connectivity index (χ1) is 9.62. The van der Waals surface area contributed by atoms with Gasteiger partial charge in [-0.2, -0.15) is 0 Å². The monoisotopic (exact) mass is 276 g/mol. The van der Waals surface area contributed by atoms with Crippen molar-refractivity contribution in [1.29, 1.82) is 0 Å². The molecule has 0 aromatic carbocycles. The molecule has 1 fully saturated rings. The van der Waals surface area contributed by atoms with Crippen LogP contribution in [0.3, 0.4) is 0 Å². The molecule has 1 aliphatic rings. The van der Waals surface area contributed by atoms with Crippen LogP contribution in [0.2, 0.25) is 0 Å². The van der Waals surface area contributed by atoms with Crippen molar-refractivity contribution in [2.24, 2.45) is 11.7 Å². The molecule has 0 saturated heterocycles. The van der Waals surface area contributed by atoms with Gasteiger partial charge in [-0.1, -0.05) is 33.6 Å². The van der Waals surface area contributed by atoms with Crippen LogP contribution in [0.1, 0.15) is 70.1 Å². The van der Waals surface area contributed by atoms with Crippen LogP contribution in [-0.2, 0) is 6.54 Å². The molecule has 20 heavy (non-hydrogen) atoms. The van der Waals surface area contributed by atoms with Gasteiger partial charge in [0.2, 0.25) is 5.88 Å². The quantitative estimate of drug-likeness (QED) is 0.884. The van der Waals surface area contributed by atoms with Crippen LogP contribution in [0.15, 0.2) is 12.1 Å². The first-order valence-corrected chi connectivity index (χ1v) is 8.00. The highest BCUT2D eigenvalue weighted by Gasteiger charge is 2.22. The summed E-state index contributed by atoms with van der Waals surface area (Å²) < 4.78 is 6.15. The second-order valence-electron chi connectivity index (χ2n) is 6.28. The van der Waals surface area contributed by atoms with E-state index in [1.165, 1.54) is 25.7 Å². The Balaban J connectivity index is 2.09. The highest BCUT2D eigenvalue weighted by molar-refractivity contribution is 5.26. The summed E-state index contributed by atoms with van der Waals surface area (Å²) in [5.41, 5.74) is 7.97. The molecule has 1 aromatic rings. The smallest absolute Gasteiger partial charge is 0.214 e. The van der Waals surface area contributed by atoms with Gasteiger partial charge in [0, 0.05) is 18.3 Å². The molecule has 0 radical (unpaired) electrons. The van der Waals surface area contributed by atoms with Crippen LogP contribution in [0.4, 0.5) is 0 Å². The second-order valence-corrected chi connectivity index (χ2v) is 6.28. The minimum Gasteiger partial charge on any atom is -0.474 e. The van der Waals surface area contributed by atoms with Crippen molar-refractivity contribution in [1.82, 2.24) is 4.98 Å². The van der Waals surface area contributed by atoms with E-state index in [9.17, 15) is 0 Å². The summed E-state index contributed by atoms with van der Waals surface area (Å²) in [6.07, 6.45) is 6.53. The molecule has 3 heteroatoms. The van der Waals surface area contributed by atoms with E-state index < -0.39 is 0 Å². The minimum atomic E-state index is 0.328. The van der Waals surface area contributed by atoms with Crippen LogP contribution in [0.5, 0.6) is 5.88 Å². The van der Waals surface area contributed by atoms with E-state index in [0.717, 1.165) is 29.5 Å². The Morgan fingerprint density at radius 1 is 1.35 bits per heavy atom. The van der Waals surface area contributed by atoms with Gasteiger partial charge in [-0.3, -0.25) is 0 Å². The van der Waals surface area contributed by atoms with Gasteiger partial charge in [-0.15, -0.1) is 0 Å². The summed E-state index contributed by atoms with van der Waals surface area (Å²) in [4.78, 5) is 4.65. The molecule has 2 rings (SSSR count). The van der Waals surface area contributed by atoms with E-state index in [4.69, 9.17) is 10.5 Å². The molecule has 1 aromatic heterocycles. The molecule has 2 atom stereocenters. The Morgan fingerprint density at radius 3 is 2.80 bits per heavy atom. The average molecular weight is 276 g/mol. The van der Waals surface area contributed by atoms with Crippen molar-refractivity contribution < 1.29 is 4.74 Å². The maximum atomic E-state index is 6.15. The van der Waals surface area contributed by atoms with Gasteiger partial charge < -0.3 is 10.5 Å². The lowest BCUT2D eigenvalue weighted by atomic mass is 9.85. The molecule has 0 amide bonds. The summed E-state index contributed by atoms with van der Waals surface area (Å²) in [5.74, 6) is 1.98. The topological polar surface area (TPSA) is 48.1 Å². The fourth-order valence-electron chi connectivity index (χ4n) is 2.95. The van der Waals surface area contributed by atoms with E-state index in [2.05, 4.69) is 31.8 Å². The molecule has 1 heterocycles. The molecule has 0 bridgehead atoms. The highest BCUT2D eigenvalue weighted by atomic mass is 16.5. The predicted molar refractivity (Wildman–Crippen MR) is 82.9 cm³/mol. The van der Waals surface area contributed by atoms with Crippen LogP contribution in [0, 0.1) is 5.92 Å². The zero-order valence-electron chi connectivity index (χ0n) is 13.1. The Hall–Kier alpha value is -1.09. The fourth-order valence-corrected chi connectivity index (χ4v) is 2.95. The van der Waals surface area contributed by atoms with Gasteiger partial charge in [-0.05, 0) is 42.7 Å². The van der Waals surface area contributed by atoms with Crippen molar-refractivity contribution in [3.8, 4) is 5.88 Å². The number of nitrogens with two attached hydrogens (primary N) is 1. The Bertz CT molecular complexity index is 431. The Kier molecular flexibility index (Phi) is 5.41. The first-order valence-electron chi connectivity index (χ1n) is 8.00. The van der Waals surface area contributed by atoms with Crippen LogP contribution in [-0.4, -0.2) is 11.1 Å². The van der Waals surface area contributed by atoms with Crippen molar-refractivity contribution in [3.63, 3.8) is 0 Å². The maximum absolute atomic E-state index is 6.15. The third-order valence-electron chi connectivity index (χ3n) is 4.31. The lowest BCUT2D eigenvalue weighted by Crippen LogP contribution is -2.25. The summed E-state index contributed by atoms with van der Waals surface area (Å²) in [6, 6.07) is 4.09. The number of nitrogens with zero attached hydrogens (tertiary/aromatic N) is 1. The lowest BCUT2D eigenvalue weighted by molar-refractivity contribution is 0.116. The number of ether oxygens (including phenoxy) is 1. The van der Waals surface area contributed by atoms with Crippen LogP contribution >= 0.6 is 0 Å². The molecule has 2 N–H and O–H groups in total. The molecule has 2 unspecified atom stereocenters. The highest BCUT2D eigenvalue weighted by Crippen LogP contribution is 2.30. The van der Waals surface area contributed by atoms with Gasteiger partial charge in [0.05, 0.1) is 0 Å². The molecule has 1 saturated carbocycles. The van der Waals surface area contributed by atoms with Crippen molar-refractivity contribution >= 4 is 0 Å². The zero-order chi connectivity index (χ0) is 14.5. The molecular formula is C17H28N2O. The number of hydrogen-bond acceptors (Lipinski definition) is 3. The molecule has 1 aliphatic carbocycles. The van der Waals surface area contributed by atoms with E-state index in [1.54, 1.807) is 0 Å². The molecule has 112 valence electrons. The fraction of sp³-hybridized carbons (Fsp3) is 0.706. The summed E-state index contributed by atoms with van der Waals surface area (Å²) in [7, 11) is 0. The van der Waals surface area contributed by atoms with Gasteiger partial charge in [0.25, 0.3) is 0 Å². The number of rotatable bonds is 5. The van der Waals surface area contributed by atoms with Crippen LogP contribution < -0.4 is 10.5 Å². The maximum Gasteiger partial charge on any atom is 0.214 e. The number of hydrogen-bond donors (Lipinski definition) is 1. The number of pyridine rings is 1. The van der Waals surface area contributed by atoms with Gasteiger partial charge in [-0.25, -0.2) is 4.98 Å². The summed E-state index contributed by atoms with van der Waals surface area (Å²) >= 11 is 0. The van der Waals surface area contributed by atoms with E-state index in [-0.39, 0.29) is 0 Å². The third kappa shape index (κ3) is 3.95. The number of aromatic nitrogens is 1. The Labute approximate surface area is 122 Å². The van der Waals surface area contributed by atoms with Crippen LogP contribution in [0.25, 0.3) is 0 Å². The molecule has 0 spiro atoms. The predicted octanol–water partition coefficient (Wildman–Crippen LogP) is 4.01. The van der Waals surface area contributed by atoms with Gasteiger partial charge in [0.1, 0.15) is 6.10 Å². The summed E-state index contributed by atoms with van der Waals surface area (Å²) in [5, 5.41) is 0. The average Bonchev–Trinajstić information content (AvgIpc) is 2.47. The summed E-state index contributed by atoms with van der Waals surface area (Å²) in [6.45, 7) is 7.12. The van der Waals surface area contributed by atoms with Crippen molar-refractivity contribution in [2.75, 3.05) is 0 Å². The first kappa shape index (κ1) is 15.3. The third-order valence-corrected chi connectivity index (χ3v) is 4.31. The van der Waals surface area contributed by atoms with Crippen molar-refractivity contribution in [2.45, 2.75) is 71.4 Å². The molecular weight excluding hydrogens is 248 g/mol.